The Balaban J connectivity index is 3.49. The number of unbranched alkanes of at least 4 members (excludes halogenated alkanes) is 1. The highest BCUT2D eigenvalue weighted by Crippen LogP contribution is 2.00. The lowest BCUT2D eigenvalue weighted by molar-refractivity contribution is 0.779. The third-order valence-electron chi connectivity index (χ3n) is 1.21. The van der Waals surface area contributed by atoms with E-state index in [2.05, 4.69) is 11.9 Å². The smallest absolute Gasteiger partial charge is 0.0451 e. The van der Waals surface area contributed by atoms with Gasteiger partial charge in [0.1, 0.15) is 0 Å². The molecule has 0 aliphatic heterocycles. The van der Waals surface area contributed by atoms with Crippen LogP contribution in [0.2, 0.25) is 0 Å². The predicted octanol–water partition coefficient (Wildman–Crippen LogP) is 2.07. The van der Waals surface area contributed by atoms with Gasteiger partial charge in [-0.1, -0.05) is 13.3 Å². The lowest BCUT2D eigenvalue weighted by Crippen LogP contribution is -1.95. The van der Waals surface area contributed by atoms with Crippen LogP contribution < -0.4 is 5.73 Å². The first-order valence-electron chi connectivity index (χ1n) is 3.73. The first-order valence-corrected chi connectivity index (χ1v) is 3.73. The zero-order chi connectivity index (χ0) is 7.82. The SMILES string of the molecule is C/C=N\C=C(\N)CCCC. The van der Waals surface area contributed by atoms with Gasteiger partial charge in [-0.3, -0.25) is 4.99 Å². The van der Waals surface area contributed by atoms with Crippen molar-refractivity contribution in [3.8, 4) is 0 Å². The van der Waals surface area contributed by atoms with Crippen molar-refractivity contribution in [3.63, 3.8) is 0 Å². The zero-order valence-electron chi connectivity index (χ0n) is 6.80. The number of rotatable bonds is 4. The average Bonchev–Trinajstić information content (AvgIpc) is 1.97. The van der Waals surface area contributed by atoms with Crippen LogP contribution in [0.5, 0.6) is 0 Å². The molecule has 2 nitrogen and oxygen atoms in total. The lowest BCUT2D eigenvalue weighted by atomic mass is 10.2. The Bertz CT molecular complexity index is 125. The standard InChI is InChI=1S/C8H16N2/c1-3-5-6-8(9)7-10-4-2/h4,7H,3,5-6,9H2,1-2H3/b8-7+,10-4-. The maximum atomic E-state index is 5.59. The van der Waals surface area contributed by atoms with Gasteiger partial charge in [0.05, 0.1) is 0 Å². The average molecular weight is 140 g/mol. The van der Waals surface area contributed by atoms with Gasteiger partial charge in [-0.25, -0.2) is 0 Å². The van der Waals surface area contributed by atoms with E-state index in [9.17, 15) is 0 Å². The molecule has 0 aliphatic carbocycles. The van der Waals surface area contributed by atoms with Crippen LogP contribution in [0.25, 0.3) is 0 Å². The van der Waals surface area contributed by atoms with Crippen LogP contribution >= 0.6 is 0 Å². The maximum absolute atomic E-state index is 5.59. The van der Waals surface area contributed by atoms with Gasteiger partial charge in [0, 0.05) is 18.1 Å². The quantitative estimate of drug-likeness (QED) is 0.596. The molecular weight excluding hydrogens is 124 g/mol. The Morgan fingerprint density at radius 3 is 2.80 bits per heavy atom. The molecule has 0 radical (unpaired) electrons. The summed E-state index contributed by atoms with van der Waals surface area (Å²) in [6.45, 7) is 4.03. The van der Waals surface area contributed by atoms with Crippen LogP contribution in [0.1, 0.15) is 33.1 Å². The van der Waals surface area contributed by atoms with Crippen molar-refractivity contribution in [1.82, 2.24) is 0 Å². The third kappa shape index (κ3) is 5.35. The molecule has 0 saturated heterocycles. The Hall–Kier alpha value is -0.790. The normalized spacial score (nSPS) is 12.8. The van der Waals surface area contributed by atoms with E-state index in [1.807, 2.05) is 6.92 Å². The molecule has 0 amide bonds. The topological polar surface area (TPSA) is 38.4 Å². The second kappa shape index (κ2) is 6.33. The molecule has 10 heavy (non-hydrogen) atoms. The van der Waals surface area contributed by atoms with Crippen LogP contribution in [0.15, 0.2) is 16.9 Å². The van der Waals surface area contributed by atoms with Gasteiger partial charge in [-0.2, -0.15) is 0 Å². The maximum Gasteiger partial charge on any atom is 0.0451 e. The molecule has 0 atom stereocenters. The molecule has 58 valence electrons. The first kappa shape index (κ1) is 9.21. The van der Waals surface area contributed by atoms with Gasteiger partial charge in [-0.15, -0.1) is 0 Å². The van der Waals surface area contributed by atoms with Crippen molar-refractivity contribution in [3.05, 3.63) is 11.9 Å². The molecule has 0 fully saturated rings. The van der Waals surface area contributed by atoms with Gasteiger partial charge >= 0.3 is 0 Å². The summed E-state index contributed by atoms with van der Waals surface area (Å²) in [5, 5.41) is 0. The molecule has 0 aromatic carbocycles. The molecular formula is C8H16N2. The summed E-state index contributed by atoms with van der Waals surface area (Å²) >= 11 is 0. The highest BCUT2D eigenvalue weighted by Gasteiger charge is 1.86. The van der Waals surface area contributed by atoms with E-state index in [-0.39, 0.29) is 0 Å². The fourth-order valence-electron chi connectivity index (χ4n) is 0.616. The predicted molar refractivity (Wildman–Crippen MR) is 46.0 cm³/mol. The Morgan fingerprint density at radius 2 is 2.30 bits per heavy atom. The van der Waals surface area contributed by atoms with Crippen LogP contribution in [0, 0.1) is 0 Å². The summed E-state index contributed by atoms with van der Waals surface area (Å²) in [6, 6.07) is 0. The third-order valence-corrected chi connectivity index (χ3v) is 1.21. The largest absolute Gasteiger partial charge is 0.401 e. The summed E-state index contributed by atoms with van der Waals surface area (Å²) in [5.74, 6) is 0. The van der Waals surface area contributed by atoms with Crippen molar-refractivity contribution in [1.29, 1.82) is 0 Å². The number of nitrogens with zero attached hydrogens (tertiary/aromatic N) is 1. The van der Waals surface area contributed by atoms with Crippen LogP contribution in [0.4, 0.5) is 0 Å². The van der Waals surface area contributed by atoms with E-state index in [0.29, 0.717) is 0 Å². The molecule has 2 N–H and O–H groups in total. The van der Waals surface area contributed by atoms with Gasteiger partial charge in [-0.05, 0) is 19.8 Å². The number of nitrogens with two attached hydrogens (primary N) is 1. The van der Waals surface area contributed by atoms with Crippen molar-refractivity contribution < 1.29 is 0 Å². The van der Waals surface area contributed by atoms with Crippen molar-refractivity contribution >= 4 is 6.21 Å². The number of hydrogen-bond acceptors (Lipinski definition) is 2. The molecule has 0 heterocycles. The fraction of sp³-hybridized carbons (Fsp3) is 0.625. The fourth-order valence-corrected chi connectivity index (χ4v) is 0.616. The van der Waals surface area contributed by atoms with E-state index in [0.717, 1.165) is 18.5 Å². The monoisotopic (exact) mass is 140 g/mol. The minimum atomic E-state index is 0.875. The Labute approximate surface area is 62.8 Å². The molecule has 0 aromatic rings. The zero-order valence-corrected chi connectivity index (χ0v) is 6.80. The molecule has 0 spiro atoms. The van der Waals surface area contributed by atoms with Gasteiger partial charge in [0.2, 0.25) is 0 Å². The first-order chi connectivity index (χ1) is 4.81. The molecule has 0 saturated carbocycles. The van der Waals surface area contributed by atoms with E-state index < -0.39 is 0 Å². The number of hydrogen-bond donors (Lipinski definition) is 1. The van der Waals surface area contributed by atoms with Crippen molar-refractivity contribution in [2.24, 2.45) is 10.7 Å². The summed E-state index contributed by atoms with van der Waals surface area (Å²) in [7, 11) is 0. The summed E-state index contributed by atoms with van der Waals surface area (Å²) in [6.07, 6.45) is 6.76. The minimum absolute atomic E-state index is 0.875. The van der Waals surface area contributed by atoms with Crippen LogP contribution in [0.3, 0.4) is 0 Å². The summed E-state index contributed by atoms with van der Waals surface area (Å²) in [4.78, 5) is 3.91. The Kier molecular flexibility index (Phi) is 5.83. The van der Waals surface area contributed by atoms with Crippen molar-refractivity contribution in [2.45, 2.75) is 33.1 Å². The van der Waals surface area contributed by atoms with E-state index in [1.165, 1.54) is 6.42 Å². The van der Waals surface area contributed by atoms with E-state index >= 15 is 0 Å². The van der Waals surface area contributed by atoms with Gasteiger partial charge in [0.15, 0.2) is 0 Å². The molecule has 0 aromatic heterocycles. The highest BCUT2D eigenvalue weighted by molar-refractivity contribution is 5.54. The Morgan fingerprint density at radius 1 is 1.60 bits per heavy atom. The summed E-state index contributed by atoms with van der Waals surface area (Å²) in [5.41, 5.74) is 6.47. The van der Waals surface area contributed by atoms with Gasteiger partial charge in [0.25, 0.3) is 0 Å². The molecule has 0 bridgehead atoms. The molecule has 0 aliphatic rings. The second-order valence-electron chi connectivity index (χ2n) is 2.21. The summed E-state index contributed by atoms with van der Waals surface area (Å²) < 4.78 is 0. The van der Waals surface area contributed by atoms with E-state index in [1.54, 1.807) is 12.4 Å². The van der Waals surface area contributed by atoms with Crippen LogP contribution in [-0.2, 0) is 0 Å². The lowest BCUT2D eigenvalue weighted by Gasteiger charge is -1.95. The van der Waals surface area contributed by atoms with Crippen molar-refractivity contribution in [2.75, 3.05) is 0 Å². The molecule has 0 rings (SSSR count). The van der Waals surface area contributed by atoms with E-state index in [4.69, 9.17) is 5.73 Å². The minimum Gasteiger partial charge on any atom is -0.401 e. The van der Waals surface area contributed by atoms with Crippen LogP contribution in [-0.4, -0.2) is 6.21 Å². The number of allylic oxidation sites excluding steroid dienone is 1. The molecule has 0 unspecified atom stereocenters. The second-order valence-corrected chi connectivity index (χ2v) is 2.21. The van der Waals surface area contributed by atoms with Gasteiger partial charge < -0.3 is 5.73 Å². The molecule has 2 heteroatoms. The highest BCUT2D eigenvalue weighted by atomic mass is 14.7. The number of aliphatic imine (C=N–C) groups is 1.